The van der Waals surface area contributed by atoms with Crippen LogP contribution in [-0.4, -0.2) is 6.03 Å². The van der Waals surface area contributed by atoms with Crippen LogP contribution in [0.3, 0.4) is 0 Å². The van der Waals surface area contributed by atoms with Crippen molar-refractivity contribution >= 4 is 28.1 Å². The van der Waals surface area contributed by atoms with Gasteiger partial charge in [-0.15, -0.1) is 11.3 Å². The number of amides is 2. The fourth-order valence-electron chi connectivity index (χ4n) is 3.14. The van der Waals surface area contributed by atoms with E-state index in [0.29, 0.717) is 16.7 Å². The van der Waals surface area contributed by atoms with Gasteiger partial charge in [0.25, 0.3) is 0 Å². The zero-order valence-corrected chi connectivity index (χ0v) is 18.0. The highest BCUT2D eigenvalue weighted by atomic mass is 32.1. The molecule has 0 aliphatic rings. The Bertz CT molecular complexity index is 1020. The van der Waals surface area contributed by atoms with E-state index in [1.54, 1.807) is 25.1 Å². The molecular weight excluding hydrogens is 402 g/mol. The van der Waals surface area contributed by atoms with Gasteiger partial charge >= 0.3 is 6.03 Å². The SMILES string of the molecule is CCCCCCc1ccc(NC(=O)Nc2ccc(-c3ccc(C)c(F)c3)cc2F)s1. The van der Waals surface area contributed by atoms with Gasteiger partial charge in [-0.1, -0.05) is 44.4 Å². The largest absolute Gasteiger partial charge is 0.324 e. The van der Waals surface area contributed by atoms with Crippen LogP contribution in [0.2, 0.25) is 0 Å². The van der Waals surface area contributed by atoms with Crippen molar-refractivity contribution in [3.05, 3.63) is 70.6 Å². The standard InChI is InChI=1S/C24H26F2N2OS/c1-3-4-5-6-7-19-11-13-23(30-19)28-24(29)27-22-12-10-18(15-21(22)26)17-9-8-16(2)20(25)14-17/h8-15H,3-7H2,1-2H3,(H2,27,28,29). The van der Waals surface area contributed by atoms with Crippen molar-refractivity contribution in [1.82, 2.24) is 0 Å². The smallest absolute Gasteiger partial charge is 0.305 e. The minimum atomic E-state index is -0.577. The second-order valence-corrected chi connectivity index (χ2v) is 8.48. The maximum Gasteiger partial charge on any atom is 0.324 e. The van der Waals surface area contributed by atoms with Gasteiger partial charge in [0.15, 0.2) is 0 Å². The van der Waals surface area contributed by atoms with Crippen molar-refractivity contribution in [2.24, 2.45) is 0 Å². The predicted molar refractivity (Wildman–Crippen MR) is 121 cm³/mol. The highest BCUT2D eigenvalue weighted by Crippen LogP contribution is 2.27. The highest BCUT2D eigenvalue weighted by molar-refractivity contribution is 7.16. The number of carbonyl (C=O) groups excluding carboxylic acids is 1. The molecule has 2 N–H and O–H groups in total. The van der Waals surface area contributed by atoms with Gasteiger partial charge in [-0.25, -0.2) is 13.6 Å². The fourth-order valence-corrected chi connectivity index (χ4v) is 4.08. The number of nitrogens with one attached hydrogen (secondary N) is 2. The summed E-state index contributed by atoms with van der Waals surface area (Å²) in [5.74, 6) is -0.915. The number of hydrogen-bond acceptors (Lipinski definition) is 2. The Labute approximate surface area is 180 Å². The number of unbranched alkanes of at least 4 members (excludes halogenated alkanes) is 3. The Morgan fingerprint density at radius 2 is 1.63 bits per heavy atom. The molecule has 0 atom stereocenters. The average molecular weight is 429 g/mol. The molecule has 0 fully saturated rings. The lowest BCUT2D eigenvalue weighted by atomic mass is 10.0. The van der Waals surface area contributed by atoms with E-state index < -0.39 is 11.8 Å². The Kier molecular flexibility index (Phi) is 7.57. The van der Waals surface area contributed by atoms with Crippen LogP contribution in [0, 0.1) is 18.6 Å². The van der Waals surface area contributed by atoms with Crippen LogP contribution >= 0.6 is 11.3 Å². The second kappa shape index (κ2) is 10.3. The molecule has 0 aliphatic carbocycles. The monoisotopic (exact) mass is 428 g/mol. The number of hydrogen-bond donors (Lipinski definition) is 2. The predicted octanol–water partition coefficient (Wildman–Crippen LogP) is 7.77. The van der Waals surface area contributed by atoms with E-state index >= 15 is 0 Å². The van der Waals surface area contributed by atoms with Crippen LogP contribution in [0.15, 0.2) is 48.5 Å². The maximum absolute atomic E-state index is 14.5. The zero-order valence-electron chi connectivity index (χ0n) is 17.2. The van der Waals surface area contributed by atoms with Gasteiger partial charge in [0.1, 0.15) is 11.6 Å². The first-order valence-corrected chi connectivity index (χ1v) is 11.0. The first-order valence-electron chi connectivity index (χ1n) is 10.2. The molecule has 0 radical (unpaired) electrons. The topological polar surface area (TPSA) is 41.1 Å². The Hall–Kier alpha value is -2.73. The summed E-state index contributed by atoms with van der Waals surface area (Å²) in [6, 6.07) is 12.6. The molecule has 0 saturated carbocycles. The van der Waals surface area contributed by atoms with Gasteiger partial charge in [-0.3, -0.25) is 5.32 Å². The molecule has 158 valence electrons. The number of urea groups is 1. The lowest BCUT2D eigenvalue weighted by Gasteiger charge is -2.09. The molecule has 2 amide bonds. The number of thiophene rings is 1. The lowest BCUT2D eigenvalue weighted by molar-refractivity contribution is 0.262. The van der Waals surface area contributed by atoms with Crippen molar-refractivity contribution in [2.45, 2.75) is 46.0 Å². The van der Waals surface area contributed by atoms with E-state index in [4.69, 9.17) is 0 Å². The third kappa shape index (κ3) is 5.89. The second-order valence-electron chi connectivity index (χ2n) is 7.31. The first-order chi connectivity index (χ1) is 14.5. The van der Waals surface area contributed by atoms with Crippen molar-refractivity contribution in [1.29, 1.82) is 0 Å². The first kappa shape index (κ1) is 22.0. The molecule has 0 spiro atoms. The quantitative estimate of drug-likeness (QED) is 0.354. The summed E-state index contributed by atoms with van der Waals surface area (Å²) in [5, 5.41) is 6.01. The van der Waals surface area contributed by atoms with E-state index in [2.05, 4.69) is 17.6 Å². The molecular formula is C24H26F2N2OS. The molecule has 3 rings (SSSR count). The summed E-state index contributed by atoms with van der Waals surface area (Å²) in [5.41, 5.74) is 1.73. The summed E-state index contributed by atoms with van der Waals surface area (Å²) < 4.78 is 28.3. The van der Waals surface area contributed by atoms with Crippen molar-refractivity contribution in [2.75, 3.05) is 10.6 Å². The summed E-state index contributed by atoms with van der Waals surface area (Å²) in [7, 11) is 0. The van der Waals surface area contributed by atoms with Gasteiger partial charge in [0.2, 0.25) is 0 Å². The molecule has 2 aromatic carbocycles. The molecule has 1 heterocycles. The van der Waals surface area contributed by atoms with Crippen LogP contribution in [0.1, 0.15) is 43.0 Å². The molecule has 3 aromatic rings. The average Bonchev–Trinajstić information content (AvgIpc) is 3.16. The van der Waals surface area contributed by atoms with Crippen LogP contribution in [0.25, 0.3) is 11.1 Å². The fraction of sp³-hybridized carbons (Fsp3) is 0.292. The summed E-state index contributed by atoms with van der Waals surface area (Å²) >= 11 is 1.53. The van der Waals surface area contributed by atoms with Crippen LogP contribution in [0.4, 0.5) is 24.3 Å². The normalized spacial score (nSPS) is 10.8. The third-order valence-electron chi connectivity index (χ3n) is 4.90. The van der Waals surface area contributed by atoms with Gasteiger partial charge in [0, 0.05) is 4.88 Å². The third-order valence-corrected chi connectivity index (χ3v) is 5.96. The zero-order chi connectivity index (χ0) is 21.5. The van der Waals surface area contributed by atoms with Gasteiger partial charge in [0.05, 0.1) is 10.7 Å². The van der Waals surface area contributed by atoms with Crippen molar-refractivity contribution < 1.29 is 13.6 Å². The van der Waals surface area contributed by atoms with E-state index in [1.165, 1.54) is 53.7 Å². The van der Waals surface area contributed by atoms with E-state index in [1.807, 2.05) is 12.1 Å². The number of halogens is 2. The molecule has 0 unspecified atom stereocenters. The minimum Gasteiger partial charge on any atom is -0.305 e. The van der Waals surface area contributed by atoms with Gasteiger partial charge in [-0.2, -0.15) is 0 Å². The summed E-state index contributed by atoms with van der Waals surface area (Å²) in [6.45, 7) is 3.86. The van der Waals surface area contributed by atoms with E-state index in [9.17, 15) is 13.6 Å². The Balaban J connectivity index is 1.59. The van der Waals surface area contributed by atoms with Crippen LogP contribution < -0.4 is 10.6 Å². The number of anilines is 2. The highest BCUT2D eigenvalue weighted by Gasteiger charge is 2.11. The number of aryl methyl sites for hydroxylation is 2. The molecule has 6 heteroatoms. The number of rotatable bonds is 8. The van der Waals surface area contributed by atoms with Crippen LogP contribution in [-0.2, 0) is 6.42 Å². The summed E-state index contributed by atoms with van der Waals surface area (Å²) in [4.78, 5) is 13.5. The molecule has 0 aliphatic heterocycles. The minimum absolute atomic E-state index is 0.0696. The Morgan fingerprint density at radius 3 is 2.33 bits per heavy atom. The van der Waals surface area contributed by atoms with Gasteiger partial charge in [-0.05, 0) is 66.8 Å². The molecule has 30 heavy (non-hydrogen) atoms. The maximum atomic E-state index is 14.5. The molecule has 0 bridgehead atoms. The lowest BCUT2D eigenvalue weighted by Crippen LogP contribution is -2.19. The number of benzene rings is 2. The molecule has 3 nitrogen and oxygen atoms in total. The van der Waals surface area contributed by atoms with Gasteiger partial charge < -0.3 is 5.32 Å². The van der Waals surface area contributed by atoms with Crippen molar-refractivity contribution in [3.63, 3.8) is 0 Å². The Morgan fingerprint density at radius 1 is 0.900 bits per heavy atom. The van der Waals surface area contributed by atoms with Crippen LogP contribution in [0.5, 0.6) is 0 Å². The molecule has 1 aromatic heterocycles. The number of carbonyl (C=O) groups is 1. The van der Waals surface area contributed by atoms with E-state index in [0.717, 1.165) is 17.8 Å². The summed E-state index contributed by atoms with van der Waals surface area (Å²) in [6.07, 6.45) is 5.80. The molecule has 0 saturated heterocycles. The van der Waals surface area contributed by atoms with E-state index in [-0.39, 0.29) is 11.5 Å². The van der Waals surface area contributed by atoms with Crippen molar-refractivity contribution in [3.8, 4) is 11.1 Å².